The molecular formula is C9H7ClFNO2. The molecule has 14 heavy (non-hydrogen) atoms. The molecule has 0 unspecified atom stereocenters. The SMILES string of the molecule is O=C1COCc2c(ccc(F)c2Cl)N1. The lowest BCUT2D eigenvalue weighted by atomic mass is 10.2. The van der Waals surface area contributed by atoms with Gasteiger partial charge < -0.3 is 10.1 Å². The molecule has 1 amide bonds. The lowest BCUT2D eigenvalue weighted by Gasteiger charge is -2.07. The van der Waals surface area contributed by atoms with Crippen molar-refractivity contribution < 1.29 is 13.9 Å². The summed E-state index contributed by atoms with van der Waals surface area (Å²) in [6, 6.07) is 2.69. The normalized spacial score (nSPS) is 15.7. The quantitative estimate of drug-likeness (QED) is 0.718. The molecule has 1 N–H and O–H groups in total. The first-order valence-corrected chi connectivity index (χ1v) is 4.41. The van der Waals surface area contributed by atoms with Gasteiger partial charge in [-0.2, -0.15) is 0 Å². The van der Waals surface area contributed by atoms with Gasteiger partial charge in [-0.3, -0.25) is 4.79 Å². The summed E-state index contributed by atoms with van der Waals surface area (Å²) in [4.78, 5) is 11.1. The van der Waals surface area contributed by atoms with Crippen molar-refractivity contribution in [2.24, 2.45) is 0 Å². The summed E-state index contributed by atoms with van der Waals surface area (Å²) < 4.78 is 18.0. The number of rotatable bonds is 0. The maximum absolute atomic E-state index is 13.0. The van der Waals surface area contributed by atoms with Crippen molar-refractivity contribution in [3.05, 3.63) is 28.5 Å². The number of halogens is 2. The Morgan fingerprint density at radius 1 is 1.43 bits per heavy atom. The van der Waals surface area contributed by atoms with E-state index in [9.17, 15) is 9.18 Å². The maximum Gasteiger partial charge on any atom is 0.250 e. The van der Waals surface area contributed by atoms with Gasteiger partial charge >= 0.3 is 0 Å². The van der Waals surface area contributed by atoms with Gasteiger partial charge in [-0.15, -0.1) is 0 Å². The molecule has 0 saturated carbocycles. The monoisotopic (exact) mass is 215 g/mol. The summed E-state index contributed by atoms with van der Waals surface area (Å²) in [5, 5.41) is 2.58. The molecule has 0 fully saturated rings. The van der Waals surface area contributed by atoms with E-state index in [0.29, 0.717) is 11.3 Å². The van der Waals surface area contributed by atoms with Crippen LogP contribution in [0.1, 0.15) is 5.56 Å². The molecule has 0 aromatic heterocycles. The van der Waals surface area contributed by atoms with Crippen molar-refractivity contribution in [2.75, 3.05) is 11.9 Å². The molecule has 1 aromatic rings. The Bertz CT molecular complexity index is 395. The predicted molar refractivity (Wildman–Crippen MR) is 49.7 cm³/mol. The van der Waals surface area contributed by atoms with Gasteiger partial charge in [0.05, 0.1) is 11.6 Å². The molecule has 1 aliphatic heterocycles. The van der Waals surface area contributed by atoms with Crippen molar-refractivity contribution in [1.82, 2.24) is 0 Å². The van der Waals surface area contributed by atoms with Gasteiger partial charge in [-0.05, 0) is 12.1 Å². The van der Waals surface area contributed by atoms with E-state index in [2.05, 4.69) is 5.32 Å². The largest absolute Gasteiger partial charge is 0.367 e. The van der Waals surface area contributed by atoms with E-state index in [1.807, 2.05) is 0 Å². The number of nitrogens with one attached hydrogen (secondary N) is 1. The smallest absolute Gasteiger partial charge is 0.250 e. The predicted octanol–water partition coefficient (Wildman–Crippen LogP) is 1.95. The van der Waals surface area contributed by atoms with Crippen LogP contribution in [0.25, 0.3) is 0 Å². The molecule has 0 spiro atoms. The summed E-state index contributed by atoms with van der Waals surface area (Å²) in [6.07, 6.45) is 0. The van der Waals surface area contributed by atoms with Crippen molar-refractivity contribution >= 4 is 23.2 Å². The Morgan fingerprint density at radius 3 is 3.00 bits per heavy atom. The molecule has 3 nitrogen and oxygen atoms in total. The third-order valence-electron chi connectivity index (χ3n) is 1.95. The number of carbonyl (C=O) groups excluding carboxylic acids is 1. The lowest BCUT2D eigenvalue weighted by molar-refractivity contribution is -0.120. The van der Waals surface area contributed by atoms with Gasteiger partial charge in [-0.25, -0.2) is 4.39 Å². The molecule has 2 rings (SSSR count). The second-order valence-electron chi connectivity index (χ2n) is 2.93. The van der Waals surface area contributed by atoms with Crippen LogP contribution in [0, 0.1) is 5.82 Å². The second kappa shape index (κ2) is 3.55. The standard InChI is InChI=1S/C9H7ClFNO2/c10-9-5-3-14-4-8(13)12-7(5)2-1-6(9)11/h1-2H,3-4H2,(H,12,13). The van der Waals surface area contributed by atoms with Gasteiger partial charge in [0, 0.05) is 11.3 Å². The van der Waals surface area contributed by atoms with E-state index in [0.717, 1.165) is 0 Å². The number of ether oxygens (including phenoxy) is 1. The zero-order chi connectivity index (χ0) is 10.1. The van der Waals surface area contributed by atoms with Crippen molar-refractivity contribution in [2.45, 2.75) is 6.61 Å². The van der Waals surface area contributed by atoms with E-state index in [1.54, 1.807) is 0 Å². The fraction of sp³-hybridized carbons (Fsp3) is 0.222. The minimum absolute atomic E-state index is 0.00435. The van der Waals surface area contributed by atoms with E-state index in [4.69, 9.17) is 16.3 Å². The maximum atomic E-state index is 13.0. The van der Waals surface area contributed by atoms with Crippen LogP contribution in [0.5, 0.6) is 0 Å². The average Bonchev–Trinajstić information content (AvgIpc) is 2.34. The third kappa shape index (κ3) is 1.58. The minimum Gasteiger partial charge on any atom is -0.367 e. The summed E-state index contributed by atoms with van der Waals surface area (Å²) in [6.45, 7) is 0.108. The van der Waals surface area contributed by atoms with Crippen molar-refractivity contribution in [3.63, 3.8) is 0 Å². The van der Waals surface area contributed by atoms with E-state index < -0.39 is 5.82 Å². The summed E-state index contributed by atoms with van der Waals surface area (Å²) in [5.41, 5.74) is 0.997. The van der Waals surface area contributed by atoms with Gasteiger partial charge in [0.2, 0.25) is 5.91 Å². The number of amides is 1. The molecule has 1 aliphatic rings. The topological polar surface area (TPSA) is 38.3 Å². The first-order chi connectivity index (χ1) is 6.68. The van der Waals surface area contributed by atoms with Crippen LogP contribution in [0.2, 0.25) is 5.02 Å². The summed E-state index contributed by atoms with van der Waals surface area (Å²) in [5.74, 6) is -0.767. The molecule has 5 heteroatoms. The molecule has 0 atom stereocenters. The fourth-order valence-electron chi connectivity index (χ4n) is 1.28. The highest BCUT2D eigenvalue weighted by Crippen LogP contribution is 2.29. The van der Waals surface area contributed by atoms with Crippen LogP contribution in [0.3, 0.4) is 0 Å². The van der Waals surface area contributed by atoms with Gasteiger partial charge in [0.25, 0.3) is 0 Å². The molecule has 0 saturated heterocycles. The number of hydrogen-bond donors (Lipinski definition) is 1. The van der Waals surface area contributed by atoms with Crippen LogP contribution < -0.4 is 5.32 Å². The molecule has 0 radical (unpaired) electrons. The van der Waals surface area contributed by atoms with Crippen LogP contribution in [0.4, 0.5) is 10.1 Å². The Labute approximate surface area is 84.8 Å². The first kappa shape index (κ1) is 9.43. The van der Waals surface area contributed by atoms with Crippen LogP contribution >= 0.6 is 11.6 Å². The minimum atomic E-state index is -0.509. The third-order valence-corrected chi connectivity index (χ3v) is 2.36. The van der Waals surface area contributed by atoms with Gasteiger partial charge in [0.15, 0.2) is 0 Å². The lowest BCUT2D eigenvalue weighted by Crippen LogP contribution is -2.14. The first-order valence-electron chi connectivity index (χ1n) is 4.03. The highest BCUT2D eigenvalue weighted by Gasteiger charge is 2.17. The van der Waals surface area contributed by atoms with Crippen molar-refractivity contribution in [1.29, 1.82) is 0 Å². The highest BCUT2D eigenvalue weighted by molar-refractivity contribution is 6.32. The number of fused-ring (bicyclic) bond motifs is 1. The van der Waals surface area contributed by atoms with Gasteiger partial charge in [0.1, 0.15) is 12.4 Å². The number of hydrogen-bond acceptors (Lipinski definition) is 2. The molecule has 1 aromatic carbocycles. The van der Waals surface area contributed by atoms with Crippen LogP contribution in [0.15, 0.2) is 12.1 Å². The number of carbonyl (C=O) groups is 1. The van der Waals surface area contributed by atoms with Crippen molar-refractivity contribution in [3.8, 4) is 0 Å². The number of benzene rings is 1. The zero-order valence-electron chi connectivity index (χ0n) is 7.14. The Balaban J connectivity index is 2.50. The van der Waals surface area contributed by atoms with E-state index >= 15 is 0 Å². The fourth-order valence-corrected chi connectivity index (χ4v) is 1.50. The van der Waals surface area contributed by atoms with Crippen LogP contribution in [-0.2, 0) is 16.1 Å². The Kier molecular flexibility index (Phi) is 2.39. The van der Waals surface area contributed by atoms with Gasteiger partial charge in [-0.1, -0.05) is 11.6 Å². The van der Waals surface area contributed by atoms with E-state index in [-0.39, 0.29) is 24.1 Å². The molecule has 1 heterocycles. The van der Waals surface area contributed by atoms with Crippen LogP contribution in [-0.4, -0.2) is 12.5 Å². The number of anilines is 1. The summed E-state index contributed by atoms with van der Waals surface area (Å²) in [7, 11) is 0. The molecule has 0 aliphatic carbocycles. The summed E-state index contributed by atoms with van der Waals surface area (Å²) >= 11 is 5.73. The molecular weight excluding hydrogens is 209 g/mol. The zero-order valence-corrected chi connectivity index (χ0v) is 7.90. The Hall–Kier alpha value is -1.13. The average molecular weight is 216 g/mol. The molecule has 0 bridgehead atoms. The highest BCUT2D eigenvalue weighted by atomic mass is 35.5. The molecule has 74 valence electrons. The Morgan fingerprint density at radius 2 is 2.21 bits per heavy atom. The van der Waals surface area contributed by atoms with E-state index in [1.165, 1.54) is 12.1 Å². The second-order valence-corrected chi connectivity index (χ2v) is 3.31.